The highest BCUT2D eigenvalue weighted by atomic mass is 16.3. The number of nitrogens with two attached hydrogens (primary N) is 1. The highest BCUT2D eigenvalue weighted by Crippen LogP contribution is 2.05. The van der Waals surface area contributed by atoms with Crippen molar-refractivity contribution in [3.63, 3.8) is 0 Å². The molecule has 0 bridgehead atoms. The van der Waals surface area contributed by atoms with Crippen LogP contribution in [0.15, 0.2) is 30.3 Å². The fourth-order valence-corrected chi connectivity index (χ4v) is 1.48. The van der Waals surface area contributed by atoms with Crippen molar-refractivity contribution in [1.82, 2.24) is 4.90 Å². The van der Waals surface area contributed by atoms with E-state index in [1.807, 2.05) is 30.3 Å². The average Bonchev–Trinajstić information content (AvgIpc) is 2.29. The molecule has 0 heterocycles. The van der Waals surface area contributed by atoms with Gasteiger partial charge in [0, 0.05) is 13.1 Å². The first-order chi connectivity index (χ1) is 7.65. The molecule has 1 amide bonds. The molecule has 0 spiro atoms. The molecule has 0 radical (unpaired) electrons. The first kappa shape index (κ1) is 12.7. The molecular formula is C12H18N2O2. The number of carbonyl (C=O) groups excluding carboxylic acids is 1. The molecule has 4 heteroatoms. The van der Waals surface area contributed by atoms with Crippen LogP contribution in [0.25, 0.3) is 0 Å². The molecule has 0 saturated heterocycles. The summed E-state index contributed by atoms with van der Waals surface area (Å²) in [5.74, 6) is -0.141. The average molecular weight is 222 g/mol. The SMILES string of the molecule is CC(N)C(=O)N(CCO)Cc1ccccc1. The van der Waals surface area contributed by atoms with Crippen molar-refractivity contribution in [2.45, 2.75) is 19.5 Å². The van der Waals surface area contributed by atoms with Gasteiger partial charge in [-0.1, -0.05) is 30.3 Å². The van der Waals surface area contributed by atoms with Gasteiger partial charge in [-0.3, -0.25) is 4.79 Å². The molecule has 1 aromatic carbocycles. The molecule has 4 nitrogen and oxygen atoms in total. The van der Waals surface area contributed by atoms with Crippen molar-refractivity contribution in [2.75, 3.05) is 13.2 Å². The molecule has 1 atom stereocenters. The Morgan fingerprint density at radius 2 is 2.06 bits per heavy atom. The minimum atomic E-state index is -0.532. The largest absolute Gasteiger partial charge is 0.395 e. The van der Waals surface area contributed by atoms with Crippen LogP contribution >= 0.6 is 0 Å². The van der Waals surface area contributed by atoms with Crippen LogP contribution in [0.4, 0.5) is 0 Å². The summed E-state index contributed by atoms with van der Waals surface area (Å²) in [4.78, 5) is 13.3. The molecule has 0 aromatic heterocycles. The van der Waals surface area contributed by atoms with E-state index in [0.717, 1.165) is 5.56 Å². The molecular weight excluding hydrogens is 204 g/mol. The van der Waals surface area contributed by atoms with Gasteiger partial charge in [-0.25, -0.2) is 0 Å². The second-order valence-corrected chi connectivity index (χ2v) is 3.76. The molecule has 1 unspecified atom stereocenters. The molecule has 3 N–H and O–H groups in total. The van der Waals surface area contributed by atoms with Crippen LogP contribution in [0, 0.1) is 0 Å². The molecule has 0 fully saturated rings. The topological polar surface area (TPSA) is 66.6 Å². The van der Waals surface area contributed by atoms with Crippen molar-refractivity contribution in [3.8, 4) is 0 Å². The van der Waals surface area contributed by atoms with E-state index >= 15 is 0 Å². The fraction of sp³-hybridized carbons (Fsp3) is 0.417. The Morgan fingerprint density at radius 3 is 2.56 bits per heavy atom. The summed E-state index contributed by atoms with van der Waals surface area (Å²) in [6, 6.07) is 9.12. The Kier molecular flexibility index (Phi) is 4.95. The van der Waals surface area contributed by atoms with E-state index in [2.05, 4.69) is 0 Å². The van der Waals surface area contributed by atoms with Gasteiger partial charge in [0.1, 0.15) is 0 Å². The second kappa shape index (κ2) is 6.25. The summed E-state index contributed by atoms with van der Waals surface area (Å²) in [6.07, 6.45) is 0. The lowest BCUT2D eigenvalue weighted by molar-refractivity contribution is -0.133. The van der Waals surface area contributed by atoms with E-state index < -0.39 is 6.04 Å². The highest BCUT2D eigenvalue weighted by molar-refractivity contribution is 5.81. The molecule has 1 aromatic rings. The zero-order valence-corrected chi connectivity index (χ0v) is 9.47. The predicted octanol–water partition coefficient (Wildman–Crippen LogP) is 0.355. The summed E-state index contributed by atoms with van der Waals surface area (Å²) in [5, 5.41) is 8.91. The van der Waals surface area contributed by atoms with Gasteiger partial charge in [-0.15, -0.1) is 0 Å². The van der Waals surface area contributed by atoms with Gasteiger partial charge < -0.3 is 15.7 Å². The number of benzene rings is 1. The normalized spacial score (nSPS) is 12.2. The van der Waals surface area contributed by atoms with E-state index in [4.69, 9.17) is 10.8 Å². The van der Waals surface area contributed by atoms with Crippen LogP contribution < -0.4 is 5.73 Å². The maximum absolute atomic E-state index is 11.7. The Hall–Kier alpha value is -1.39. The van der Waals surface area contributed by atoms with Crippen LogP contribution in [0.2, 0.25) is 0 Å². The van der Waals surface area contributed by atoms with Gasteiger partial charge >= 0.3 is 0 Å². The van der Waals surface area contributed by atoms with Crippen LogP contribution in [-0.4, -0.2) is 35.1 Å². The van der Waals surface area contributed by atoms with Crippen LogP contribution in [0.1, 0.15) is 12.5 Å². The lowest BCUT2D eigenvalue weighted by Crippen LogP contribution is -2.42. The van der Waals surface area contributed by atoms with Gasteiger partial charge in [0.05, 0.1) is 12.6 Å². The third-order valence-corrected chi connectivity index (χ3v) is 2.29. The maximum Gasteiger partial charge on any atom is 0.239 e. The minimum Gasteiger partial charge on any atom is -0.395 e. The van der Waals surface area contributed by atoms with Gasteiger partial charge in [0.15, 0.2) is 0 Å². The van der Waals surface area contributed by atoms with Gasteiger partial charge in [0.2, 0.25) is 5.91 Å². The Bertz CT molecular complexity index is 325. The fourth-order valence-electron chi connectivity index (χ4n) is 1.48. The Morgan fingerprint density at radius 1 is 1.44 bits per heavy atom. The summed E-state index contributed by atoms with van der Waals surface area (Å²) < 4.78 is 0. The summed E-state index contributed by atoms with van der Waals surface area (Å²) in [6.45, 7) is 2.40. The highest BCUT2D eigenvalue weighted by Gasteiger charge is 2.16. The Labute approximate surface area is 95.7 Å². The number of nitrogens with zero attached hydrogens (tertiary/aromatic N) is 1. The number of rotatable bonds is 5. The summed E-state index contributed by atoms with van der Waals surface area (Å²) in [5.41, 5.74) is 6.58. The number of hydrogen-bond donors (Lipinski definition) is 2. The second-order valence-electron chi connectivity index (χ2n) is 3.76. The first-order valence-corrected chi connectivity index (χ1v) is 5.34. The number of aliphatic hydroxyl groups is 1. The van der Waals surface area contributed by atoms with Crippen molar-refractivity contribution in [3.05, 3.63) is 35.9 Å². The molecule has 1 rings (SSSR count). The minimum absolute atomic E-state index is 0.0503. The van der Waals surface area contributed by atoms with Crippen LogP contribution in [0.3, 0.4) is 0 Å². The monoisotopic (exact) mass is 222 g/mol. The van der Waals surface area contributed by atoms with Gasteiger partial charge in [0.25, 0.3) is 0 Å². The lowest BCUT2D eigenvalue weighted by atomic mass is 10.2. The molecule has 0 saturated carbocycles. The van der Waals surface area contributed by atoms with E-state index in [9.17, 15) is 4.79 Å². The molecule has 0 aliphatic rings. The van der Waals surface area contributed by atoms with E-state index in [1.54, 1.807) is 11.8 Å². The number of carbonyl (C=O) groups is 1. The van der Waals surface area contributed by atoms with Gasteiger partial charge in [-0.2, -0.15) is 0 Å². The van der Waals surface area contributed by atoms with E-state index in [-0.39, 0.29) is 12.5 Å². The van der Waals surface area contributed by atoms with Crippen molar-refractivity contribution in [2.24, 2.45) is 5.73 Å². The predicted molar refractivity (Wildman–Crippen MR) is 62.6 cm³/mol. The third-order valence-electron chi connectivity index (χ3n) is 2.29. The summed E-state index contributed by atoms with van der Waals surface area (Å²) in [7, 11) is 0. The van der Waals surface area contributed by atoms with Crippen molar-refractivity contribution in [1.29, 1.82) is 0 Å². The standard InChI is InChI=1S/C12H18N2O2/c1-10(13)12(16)14(7-8-15)9-11-5-3-2-4-6-11/h2-6,10,15H,7-9,13H2,1H3. The smallest absolute Gasteiger partial charge is 0.239 e. The molecule has 0 aliphatic heterocycles. The lowest BCUT2D eigenvalue weighted by Gasteiger charge is -2.23. The van der Waals surface area contributed by atoms with Gasteiger partial charge in [-0.05, 0) is 12.5 Å². The first-order valence-electron chi connectivity index (χ1n) is 5.34. The zero-order valence-electron chi connectivity index (χ0n) is 9.47. The van der Waals surface area contributed by atoms with Crippen LogP contribution in [-0.2, 0) is 11.3 Å². The number of amides is 1. The number of aliphatic hydroxyl groups excluding tert-OH is 1. The molecule has 88 valence electrons. The van der Waals surface area contributed by atoms with Crippen molar-refractivity contribution < 1.29 is 9.90 Å². The molecule has 0 aliphatic carbocycles. The number of hydrogen-bond acceptors (Lipinski definition) is 3. The third kappa shape index (κ3) is 3.64. The Balaban J connectivity index is 2.68. The zero-order chi connectivity index (χ0) is 12.0. The molecule has 16 heavy (non-hydrogen) atoms. The van der Waals surface area contributed by atoms with E-state index in [1.165, 1.54) is 0 Å². The van der Waals surface area contributed by atoms with Crippen LogP contribution in [0.5, 0.6) is 0 Å². The van der Waals surface area contributed by atoms with Crippen molar-refractivity contribution >= 4 is 5.91 Å². The van der Waals surface area contributed by atoms with E-state index in [0.29, 0.717) is 13.1 Å². The maximum atomic E-state index is 11.7. The summed E-state index contributed by atoms with van der Waals surface area (Å²) >= 11 is 0. The quantitative estimate of drug-likeness (QED) is 0.755.